The average Bonchev–Trinajstić information content (AvgIpc) is 2.66. The van der Waals surface area contributed by atoms with Crippen molar-refractivity contribution in [3.63, 3.8) is 0 Å². The van der Waals surface area contributed by atoms with E-state index in [1.54, 1.807) is 25.1 Å². The lowest BCUT2D eigenvalue weighted by Crippen LogP contribution is -2.14. The molecule has 2 aromatic carbocycles. The van der Waals surface area contributed by atoms with E-state index in [-0.39, 0.29) is 29.0 Å². The standard InChI is InChI=1S/C18H16O7/c1-3-15(19)23-14-11-7-10-13(16(14)22-2)18(21)25-24-17(20)12-8-5-4-6-9-12/h4-11H,3H2,1-2H3. The van der Waals surface area contributed by atoms with E-state index in [1.165, 1.54) is 37.4 Å². The number of ether oxygens (including phenoxy) is 2. The third kappa shape index (κ3) is 4.57. The van der Waals surface area contributed by atoms with Crippen LogP contribution in [-0.4, -0.2) is 25.0 Å². The lowest BCUT2D eigenvalue weighted by atomic mass is 10.2. The molecular weight excluding hydrogens is 328 g/mol. The number of esters is 1. The van der Waals surface area contributed by atoms with Crippen molar-refractivity contribution in [3.05, 3.63) is 59.7 Å². The summed E-state index contributed by atoms with van der Waals surface area (Å²) in [6, 6.07) is 12.4. The summed E-state index contributed by atoms with van der Waals surface area (Å²) in [5.74, 6) is -2.19. The molecule has 0 aliphatic heterocycles. The van der Waals surface area contributed by atoms with Crippen LogP contribution in [0.25, 0.3) is 0 Å². The van der Waals surface area contributed by atoms with E-state index in [0.29, 0.717) is 0 Å². The molecule has 0 amide bonds. The van der Waals surface area contributed by atoms with Crippen molar-refractivity contribution < 1.29 is 33.6 Å². The van der Waals surface area contributed by atoms with Crippen LogP contribution in [0, 0.1) is 0 Å². The number of rotatable bonds is 5. The molecular formula is C18H16O7. The molecule has 0 atom stereocenters. The Morgan fingerprint density at radius 3 is 2.20 bits per heavy atom. The van der Waals surface area contributed by atoms with Crippen molar-refractivity contribution in [1.29, 1.82) is 0 Å². The summed E-state index contributed by atoms with van der Waals surface area (Å²) in [5, 5.41) is 0. The van der Waals surface area contributed by atoms with Gasteiger partial charge < -0.3 is 9.47 Å². The summed E-state index contributed by atoms with van der Waals surface area (Å²) in [7, 11) is 1.31. The summed E-state index contributed by atoms with van der Waals surface area (Å²) >= 11 is 0. The molecule has 2 aromatic rings. The highest BCUT2D eigenvalue weighted by molar-refractivity contribution is 5.95. The van der Waals surface area contributed by atoms with Crippen LogP contribution in [0.5, 0.6) is 11.5 Å². The summed E-state index contributed by atoms with van der Waals surface area (Å²) in [6.07, 6.45) is 0.159. The van der Waals surface area contributed by atoms with Crippen LogP contribution in [0.3, 0.4) is 0 Å². The molecule has 0 aliphatic carbocycles. The summed E-state index contributed by atoms with van der Waals surface area (Å²) < 4.78 is 10.2. The van der Waals surface area contributed by atoms with Crippen molar-refractivity contribution in [3.8, 4) is 11.5 Å². The van der Waals surface area contributed by atoms with Crippen LogP contribution in [0.15, 0.2) is 48.5 Å². The monoisotopic (exact) mass is 344 g/mol. The van der Waals surface area contributed by atoms with Gasteiger partial charge in [0.05, 0.1) is 12.7 Å². The number of para-hydroxylation sites is 1. The summed E-state index contributed by atoms with van der Waals surface area (Å²) in [5.41, 5.74) is 0.178. The van der Waals surface area contributed by atoms with Gasteiger partial charge in [0.25, 0.3) is 0 Å². The van der Waals surface area contributed by atoms with E-state index in [4.69, 9.17) is 9.47 Å². The van der Waals surface area contributed by atoms with E-state index >= 15 is 0 Å². The molecule has 0 heterocycles. The number of carbonyl (C=O) groups excluding carboxylic acids is 3. The smallest absolute Gasteiger partial charge is 0.390 e. The first-order valence-electron chi connectivity index (χ1n) is 7.42. The molecule has 7 heteroatoms. The Hall–Kier alpha value is -3.35. The van der Waals surface area contributed by atoms with Crippen LogP contribution in [-0.2, 0) is 14.6 Å². The number of carbonyl (C=O) groups is 3. The Morgan fingerprint density at radius 1 is 0.880 bits per heavy atom. The molecule has 0 aromatic heterocycles. The van der Waals surface area contributed by atoms with E-state index in [9.17, 15) is 14.4 Å². The second kappa shape index (κ2) is 8.49. The molecule has 0 saturated heterocycles. The van der Waals surface area contributed by atoms with Gasteiger partial charge >= 0.3 is 17.9 Å². The number of hydrogen-bond donors (Lipinski definition) is 0. The zero-order valence-corrected chi connectivity index (χ0v) is 13.7. The zero-order valence-electron chi connectivity index (χ0n) is 13.7. The molecule has 0 aliphatic rings. The summed E-state index contributed by atoms with van der Waals surface area (Å²) in [6.45, 7) is 1.63. The molecule has 0 N–H and O–H groups in total. The van der Waals surface area contributed by atoms with Gasteiger partial charge in [-0.25, -0.2) is 19.4 Å². The van der Waals surface area contributed by atoms with Gasteiger partial charge in [0, 0.05) is 6.42 Å². The lowest BCUT2D eigenvalue weighted by molar-refractivity contribution is -0.187. The Morgan fingerprint density at radius 2 is 1.56 bits per heavy atom. The molecule has 0 bridgehead atoms. The molecule has 0 radical (unpaired) electrons. The van der Waals surface area contributed by atoms with Crippen molar-refractivity contribution in [1.82, 2.24) is 0 Å². The van der Waals surface area contributed by atoms with Gasteiger partial charge in [0.1, 0.15) is 5.56 Å². The molecule has 2 rings (SSSR count). The van der Waals surface area contributed by atoms with E-state index in [1.807, 2.05) is 0 Å². The SMILES string of the molecule is CCC(=O)Oc1cccc(C(=O)OOC(=O)c2ccccc2)c1OC. The number of hydrogen-bond acceptors (Lipinski definition) is 7. The van der Waals surface area contributed by atoms with Gasteiger partial charge in [-0.1, -0.05) is 31.2 Å². The van der Waals surface area contributed by atoms with Crippen LogP contribution in [0.2, 0.25) is 0 Å². The van der Waals surface area contributed by atoms with E-state index in [2.05, 4.69) is 9.78 Å². The molecule has 0 unspecified atom stereocenters. The second-order valence-electron chi connectivity index (χ2n) is 4.77. The van der Waals surface area contributed by atoms with Gasteiger partial charge in [-0.15, -0.1) is 0 Å². The third-order valence-electron chi connectivity index (χ3n) is 3.12. The Balaban J connectivity index is 2.12. The van der Waals surface area contributed by atoms with E-state index in [0.717, 1.165) is 0 Å². The maximum atomic E-state index is 12.1. The predicted octanol–water partition coefficient (Wildman–Crippen LogP) is 2.94. The quantitative estimate of drug-likeness (QED) is 0.356. The maximum absolute atomic E-state index is 12.1. The van der Waals surface area contributed by atoms with Gasteiger partial charge in [-0.3, -0.25) is 4.79 Å². The van der Waals surface area contributed by atoms with Gasteiger partial charge in [-0.05, 0) is 24.3 Å². The maximum Gasteiger partial charge on any atom is 0.390 e. The number of methoxy groups -OCH3 is 1. The Bertz CT molecular complexity index is 768. The first-order valence-corrected chi connectivity index (χ1v) is 7.42. The second-order valence-corrected chi connectivity index (χ2v) is 4.77. The predicted molar refractivity (Wildman–Crippen MR) is 86.2 cm³/mol. The van der Waals surface area contributed by atoms with E-state index < -0.39 is 17.9 Å². The van der Waals surface area contributed by atoms with Crippen LogP contribution >= 0.6 is 0 Å². The molecule has 0 spiro atoms. The van der Waals surface area contributed by atoms with Crippen LogP contribution < -0.4 is 9.47 Å². The normalized spacial score (nSPS) is 9.84. The molecule has 7 nitrogen and oxygen atoms in total. The fourth-order valence-electron chi connectivity index (χ4n) is 1.91. The minimum absolute atomic E-state index is 0.00469. The van der Waals surface area contributed by atoms with Crippen LogP contribution in [0.1, 0.15) is 34.1 Å². The first kappa shape index (κ1) is 18.0. The number of benzene rings is 2. The van der Waals surface area contributed by atoms with Gasteiger partial charge in [-0.2, -0.15) is 0 Å². The Labute approximate surface area is 144 Å². The van der Waals surface area contributed by atoms with Crippen molar-refractivity contribution in [2.75, 3.05) is 7.11 Å². The van der Waals surface area contributed by atoms with Crippen molar-refractivity contribution in [2.45, 2.75) is 13.3 Å². The molecule has 130 valence electrons. The van der Waals surface area contributed by atoms with Gasteiger partial charge in [0.2, 0.25) is 0 Å². The Kier molecular flexibility index (Phi) is 6.11. The van der Waals surface area contributed by atoms with Gasteiger partial charge in [0.15, 0.2) is 11.5 Å². The first-order chi connectivity index (χ1) is 12.1. The molecule has 0 fully saturated rings. The zero-order chi connectivity index (χ0) is 18.2. The van der Waals surface area contributed by atoms with Crippen molar-refractivity contribution in [2.24, 2.45) is 0 Å². The summed E-state index contributed by atoms with van der Waals surface area (Å²) in [4.78, 5) is 44.5. The lowest BCUT2D eigenvalue weighted by Gasteiger charge is -2.12. The fourth-order valence-corrected chi connectivity index (χ4v) is 1.91. The highest BCUT2D eigenvalue weighted by atomic mass is 17.2. The minimum atomic E-state index is -0.962. The molecule has 0 saturated carbocycles. The van der Waals surface area contributed by atoms with Crippen molar-refractivity contribution >= 4 is 17.9 Å². The highest BCUT2D eigenvalue weighted by Crippen LogP contribution is 2.31. The van der Waals surface area contributed by atoms with Crippen LogP contribution in [0.4, 0.5) is 0 Å². The molecule has 25 heavy (non-hydrogen) atoms. The topological polar surface area (TPSA) is 88.1 Å². The minimum Gasteiger partial charge on any atom is -0.492 e. The highest BCUT2D eigenvalue weighted by Gasteiger charge is 2.22. The average molecular weight is 344 g/mol. The third-order valence-corrected chi connectivity index (χ3v) is 3.12. The fraction of sp³-hybridized carbons (Fsp3) is 0.167. The largest absolute Gasteiger partial charge is 0.492 e.